The van der Waals surface area contributed by atoms with Crippen molar-refractivity contribution in [3.8, 4) is 0 Å². The number of hydrogen-bond donors (Lipinski definition) is 0. The fourth-order valence-corrected chi connectivity index (χ4v) is 4.96. The number of imide groups is 1. The lowest BCUT2D eigenvalue weighted by molar-refractivity contribution is -0.123. The van der Waals surface area contributed by atoms with Gasteiger partial charge < -0.3 is 4.74 Å². The molecule has 2 bridgehead atoms. The first-order valence-electron chi connectivity index (χ1n) is 10.1. The van der Waals surface area contributed by atoms with Crippen molar-refractivity contribution in [3.05, 3.63) is 76.8 Å². The molecule has 7 heteroatoms. The molecule has 156 valence electrons. The number of hydrogen-bond acceptors (Lipinski definition) is 5. The number of ketones is 1. The number of amides is 2. The topological polar surface area (TPSA) is 80.8 Å². The molecule has 0 N–H and O–H groups in total. The van der Waals surface area contributed by atoms with Crippen molar-refractivity contribution in [2.45, 2.75) is 6.42 Å². The van der Waals surface area contributed by atoms with E-state index in [9.17, 15) is 19.2 Å². The van der Waals surface area contributed by atoms with Crippen LogP contribution >= 0.6 is 11.6 Å². The maximum absolute atomic E-state index is 12.9. The van der Waals surface area contributed by atoms with Crippen LogP contribution in [0.4, 0.5) is 5.69 Å². The third-order valence-electron chi connectivity index (χ3n) is 6.33. The van der Waals surface area contributed by atoms with Crippen molar-refractivity contribution in [2.75, 3.05) is 11.5 Å². The van der Waals surface area contributed by atoms with Gasteiger partial charge in [0.2, 0.25) is 11.8 Å². The highest BCUT2D eigenvalue weighted by molar-refractivity contribution is 6.30. The third kappa shape index (κ3) is 3.27. The second-order valence-corrected chi connectivity index (χ2v) is 8.50. The fraction of sp³-hybridized carbons (Fsp3) is 0.250. The Morgan fingerprint density at radius 1 is 0.871 bits per heavy atom. The smallest absolute Gasteiger partial charge is 0.338 e. The van der Waals surface area contributed by atoms with Crippen LogP contribution in [0.2, 0.25) is 5.02 Å². The van der Waals surface area contributed by atoms with Gasteiger partial charge in [-0.3, -0.25) is 19.3 Å². The maximum Gasteiger partial charge on any atom is 0.338 e. The van der Waals surface area contributed by atoms with Crippen LogP contribution in [-0.4, -0.2) is 30.2 Å². The van der Waals surface area contributed by atoms with Gasteiger partial charge in [-0.2, -0.15) is 0 Å². The lowest BCUT2D eigenvalue weighted by Crippen LogP contribution is -2.32. The van der Waals surface area contributed by atoms with E-state index in [1.165, 1.54) is 17.0 Å². The van der Waals surface area contributed by atoms with E-state index in [-0.39, 0.29) is 46.8 Å². The van der Waals surface area contributed by atoms with Crippen LogP contribution in [0.1, 0.15) is 27.1 Å². The molecule has 6 nitrogen and oxygen atoms in total. The van der Waals surface area contributed by atoms with E-state index >= 15 is 0 Å². The zero-order valence-electron chi connectivity index (χ0n) is 16.4. The molecule has 1 heterocycles. The number of fused-ring (bicyclic) bond motifs is 5. The van der Waals surface area contributed by atoms with Crippen LogP contribution in [0, 0.1) is 23.7 Å². The lowest BCUT2D eigenvalue weighted by atomic mass is 9.85. The van der Waals surface area contributed by atoms with E-state index in [4.69, 9.17) is 16.3 Å². The standard InChI is InChI=1S/C24H18ClNO5/c25-17-7-3-13(4-8-17)19(27)12-31-24(30)14-5-9-18(10-6-14)26-22(28)20-15-1-2-16(11-15)21(20)23(26)29/h1-10,15-16,20-21H,11-12H2. The van der Waals surface area contributed by atoms with Crippen molar-refractivity contribution >= 4 is 40.9 Å². The third-order valence-corrected chi connectivity index (χ3v) is 6.58. The van der Waals surface area contributed by atoms with Gasteiger partial charge in [0.15, 0.2) is 12.4 Å². The Morgan fingerprint density at radius 2 is 1.42 bits per heavy atom. The summed E-state index contributed by atoms with van der Waals surface area (Å²) in [5.74, 6) is -1.60. The van der Waals surface area contributed by atoms with Gasteiger partial charge in [0.25, 0.3) is 0 Å². The summed E-state index contributed by atoms with van der Waals surface area (Å²) in [6.45, 7) is -0.398. The molecule has 31 heavy (non-hydrogen) atoms. The van der Waals surface area contributed by atoms with Gasteiger partial charge in [-0.15, -0.1) is 0 Å². The van der Waals surface area contributed by atoms with Crippen LogP contribution < -0.4 is 4.90 Å². The molecule has 2 aliphatic carbocycles. The van der Waals surface area contributed by atoms with Gasteiger partial charge >= 0.3 is 5.97 Å². The highest BCUT2D eigenvalue weighted by atomic mass is 35.5. The van der Waals surface area contributed by atoms with Gasteiger partial charge in [-0.25, -0.2) is 4.79 Å². The van der Waals surface area contributed by atoms with Gasteiger partial charge in [0, 0.05) is 10.6 Å². The lowest BCUT2D eigenvalue weighted by Gasteiger charge is -2.17. The van der Waals surface area contributed by atoms with Crippen molar-refractivity contribution < 1.29 is 23.9 Å². The second kappa shape index (κ2) is 7.46. The second-order valence-electron chi connectivity index (χ2n) is 8.06. The van der Waals surface area contributed by atoms with Crippen molar-refractivity contribution in [3.63, 3.8) is 0 Å². The minimum atomic E-state index is -0.660. The number of esters is 1. The Bertz CT molecular complexity index is 1090. The zero-order valence-corrected chi connectivity index (χ0v) is 17.1. The van der Waals surface area contributed by atoms with Crippen molar-refractivity contribution in [1.29, 1.82) is 0 Å². The van der Waals surface area contributed by atoms with Crippen LogP contribution in [-0.2, 0) is 14.3 Å². The molecule has 2 fully saturated rings. The quantitative estimate of drug-likeness (QED) is 0.309. The number of ether oxygens (including phenoxy) is 1. The van der Waals surface area contributed by atoms with E-state index < -0.39 is 12.6 Å². The van der Waals surface area contributed by atoms with E-state index in [0.29, 0.717) is 16.3 Å². The Balaban J connectivity index is 1.24. The first-order valence-corrected chi connectivity index (χ1v) is 10.4. The number of allylic oxidation sites excluding steroid dienone is 2. The summed E-state index contributed by atoms with van der Waals surface area (Å²) in [4.78, 5) is 51.4. The summed E-state index contributed by atoms with van der Waals surface area (Å²) in [6, 6.07) is 12.4. The Hall–Kier alpha value is -3.25. The van der Waals surface area contributed by atoms with Crippen LogP contribution in [0.15, 0.2) is 60.7 Å². The maximum atomic E-state index is 12.9. The summed E-state index contributed by atoms with van der Waals surface area (Å²) in [7, 11) is 0. The number of anilines is 1. The molecule has 0 radical (unpaired) electrons. The number of rotatable bonds is 5. The molecule has 0 spiro atoms. The SMILES string of the molecule is O=C(COC(=O)c1ccc(N2C(=O)C3C4C=CC(C4)C3C2=O)cc1)c1ccc(Cl)cc1. The molecule has 1 saturated heterocycles. The fourth-order valence-electron chi connectivity index (χ4n) is 4.84. The average Bonchev–Trinajstić information content (AvgIpc) is 3.46. The summed E-state index contributed by atoms with van der Waals surface area (Å²) < 4.78 is 5.10. The Kier molecular flexibility index (Phi) is 4.74. The number of carbonyl (C=O) groups excluding carboxylic acids is 4. The summed E-state index contributed by atoms with van der Waals surface area (Å²) in [5.41, 5.74) is 1.07. The molecule has 0 aromatic heterocycles. The minimum absolute atomic E-state index is 0.142. The van der Waals surface area contributed by atoms with Gasteiger partial charge in [0.05, 0.1) is 23.1 Å². The van der Waals surface area contributed by atoms with E-state index in [1.807, 2.05) is 12.2 Å². The van der Waals surface area contributed by atoms with Gasteiger partial charge in [0.1, 0.15) is 0 Å². The Morgan fingerprint density at radius 3 is 2.00 bits per heavy atom. The number of halogens is 1. The van der Waals surface area contributed by atoms with Crippen molar-refractivity contribution in [1.82, 2.24) is 0 Å². The molecule has 1 saturated carbocycles. The molecule has 1 aliphatic heterocycles. The Labute approximate surface area is 183 Å². The number of carbonyl (C=O) groups is 4. The van der Waals surface area contributed by atoms with Crippen LogP contribution in [0.5, 0.6) is 0 Å². The molecule has 3 aliphatic rings. The van der Waals surface area contributed by atoms with Crippen LogP contribution in [0.3, 0.4) is 0 Å². The van der Waals surface area contributed by atoms with Crippen LogP contribution in [0.25, 0.3) is 0 Å². The van der Waals surface area contributed by atoms with Crippen molar-refractivity contribution in [2.24, 2.45) is 23.7 Å². The predicted molar refractivity (Wildman–Crippen MR) is 113 cm³/mol. The van der Waals surface area contributed by atoms with Gasteiger partial charge in [-0.05, 0) is 66.8 Å². The summed E-state index contributed by atoms with van der Waals surface area (Å²) in [6.07, 6.45) is 4.97. The molecule has 4 unspecified atom stereocenters. The predicted octanol–water partition coefficient (Wildman–Crippen LogP) is 3.69. The van der Waals surface area contributed by atoms with E-state index in [2.05, 4.69) is 0 Å². The number of benzene rings is 2. The summed E-state index contributed by atoms with van der Waals surface area (Å²) in [5, 5.41) is 0.510. The summed E-state index contributed by atoms with van der Waals surface area (Å²) >= 11 is 5.80. The largest absolute Gasteiger partial charge is 0.454 e. The average molecular weight is 436 g/mol. The first-order chi connectivity index (χ1) is 14.9. The number of nitrogens with zero attached hydrogens (tertiary/aromatic N) is 1. The molecule has 4 atom stereocenters. The molecular formula is C24H18ClNO5. The molecule has 5 rings (SSSR count). The monoisotopic (exact) mass is 435 g/mol. The first kappa shape index (κ1) is 19.7. The van der Waals surface area contributed by atoms with Gasteiger partial charge in [-0.1, -0.05) is 23.8 Å². The molecular weight excluding hydrogens is 418 g/mol. The minimum Gasteiger partial charge on any atom is -0.454 e. The molecule has 2 amide bonds. The van der Waals surface area contributed by atoms with E-state index in [1.54, 1.807) is 36.4 Å². The molecule has 2 aromatic carbocycles. The molecule has 2 aromatic rings. The number of Topliss-reactive ketones (excluding diaryl/α,β-unsaturated/α-hetero) is 1. The highest BCUT2D eigenvalue weighted by Gasteiger charge is 2.59. The normalized spacial score (nSPS) is 25.8. The van der Waals surface area contributed by atoms with E-state index in [0.717, 1.165) is 6.42 Å². The zero-order chi connectivity index (χ0) is 21.7. The highest BCUT2D eigenvalue weighted by Crippen LogP contribution is 2.53.